The maximum Gasteiger partial charge on any atom is 0.346 e. The predicted octanol–water partition coefficient (Wildman–Crippen LogP) is 0.398. The van der Waals surface area contributed by atoms with Gasteiger partial charge in [-0.15, -0.1) is 5.10 Å². The van der Waals surface area contributed by atoms with E-state index < -0.39 is 5.69 Å². The first-order valence-corrected chi connectivity index (χ1v) is 8.32. The van der Waals surface area contributed by atoms with Gasteiger partial charge in [0.25, 0.3) is 5.91 Å². The second kappa shape index (κ2) is 6.92. The van der Waals surface area contributed by atoms with Crippen LogP contribution in [0.1, 0.15) is 36.1 Å². The molecule has 0 spiro atoms. The number of likely N-dealkylation sites (N-methyl/N-ethyl adjacent to an activating group) is 1. The van der Waals surface area contributed by atoms with Gasteiger partial charge in [0, 0.05) is 19.6 Å². The van der Waals surface area contributed by atoms with Gasteiger partial charge in [-0.2, -0.15) is 0 Å². The van der Waals surface area contributed by atoms with E-state index in [2.05, 4.69) is 10.4 Å². The smallest absolute Gasteiger partial charge is 0.346 e. The van der Waals surface area contributed by atoms with Gasteiger partial charge < -0.3 is 10.2 Å². The number of amides is 2. The van der Waals surface area contributed by atoms with Gasteiger partial charge in [0.1, 0.15) is 6.54 Å². The zero-order chi connectivity index (χ0) is 18.0. The average Bonchev–Trinajstić information content (AvgIpc) is 2.93. The molecule has 1 atom stereocenters. The van der Waals surface area contributed by atoms with Crippen LogP contribution < -0.4 is 11.0 Å². The molecule has 8 heteroatoms. The van der Waals surface area contributed by atoms with E-state index in [0.29, 0.717) is 19.6 Å². The second-order valence-corrected chi connectivity index (χ2v) is 6.00. The van der Waals surface area contributed by atoms with Crippen LogP contribution in [0.2, 0.25) is 0 Å². The molecule has 0 radical (unpaired) electrons. The Morgan fingerprint density at radius 2 is 1.96 bits per heavy atom. The van der Waals surface area contributed by atoms with Gasteiger partial charge in [-0.3, -0.25) is 14.2 Å². The monoisotopic (exact) mass is 343 g/mol. The first-order chi connectivity index (χ1) is 12.0. The van der Waals surface area contributed by atoms with Gasteiger partial charge in [-0.1, -0.05) is 30.3 Å². The summed E-state index contributed by atoms with van der Waals surface area (Å²) in [4.78, 5) is 38.5. The lowest BCUT2D eigenvalue weighted by atomic mass is 10.1. The summed E-state index contributed by atoms with van der Waals surface area (Å²) < 4.78 is 2.39. The molecule has 2 aromatic rings. The Hall–Kier alpha value is -2.90. The molecule has 2 amide bonds. The Kier molecular flexibility index (Phi) is 4.69. The normalized spacial score (nSPS) is 15.0. The van der Waals surface area contributed by atoms with E-state index in [4.69, 9.17) is 0 Å². The van der Waals surface area contributed by atoms with Crippen LogP contribution in [-0.4, -0.2) is 44.2 Å². The van der Waals surface area contributed by atoms with Crippen molar-refractivity contribution in [2.45, 2.75) is 33.0 Å². The van der Waals surface area contributed by atoms with Gasteiger partial charge >= 0.3 is 5.69 Å². The van der Waals surface area contributed by atoms with Crippen LogP contribution in [0.4, 0.5) is 0 Å². The fraction of sp³-hybridized carbons (Fsp3) is 0.412. The van der Waals surface area contributed by atoms with Crippen LogP contribution in [0.3, 0.4) is 0 Å². The Balaban J connectivity index is 1.73. The zero-order valence-corrected chi connectivity index (χ0v) is 14.3. The topological polar surface area (TPSA) is 89.2 Å². The molecule has 0 aliphatic carbocycles. The highest BCUT2D eigenvalue weighted by atomic mass is 16.2. The number of nitrogens with zero attached hydrogens (tertiary/aromatic N) is 4. The Morgan fingerprint density at radius 1 is 1.24 bits per heavy atom. The molecule has 1 aromatic carbocycles. The van der Waals surface area contributed by atoms with E-state index in [-0.39, 0.29) is 30.2 Å². The molecule has 2 heterocycles. The van der Waals surface area contributed by atoms with Crippen LogP contribution in [0.15, 0.2) is 35.1 Å². The largest absolute Gasteiger partial charge is 0.348 e. The molecule has 1 unspecified atom stereocenters. The maximum absolute atomic E-state index is 12.4. The fourth-order valence-corrected chi connectivity index (χ4v) is 2.92. The zero-order valence-electron chi connectivity index (χ0n) is 14.3. The van der Waals surface area contributed by atoms with Crippen molar-refractivity contribution in [3.8, 4) is 0 Å². The van der Waals surface area contributed by atoms with Gasteiger partial charge in [0.15, 0.2) is 0 Å². The van der Waals surface area contributed by atoms with Crippen LogP contribution in [0, 0.1) is 0 Å². The van der Waals surface area contributed by atoms with E-state index in [1.54, 1.807) is 4.90 Å². The molecular weight excluding hydrogens is 322 g/mol. The second-order valence-electron chi connectivity index (χ2n) is 6.00. The molecule has 0 saturated carbocycles. The number of nitrogens with one attached hydrogen (secondary N) is 1. The number of carbonyl (C=O) groups is 2. The predicted molar refractivity (Wildman–Crippen MR) is 91.1 cm³/mol. The third-order valence-electron chi connectivity index (χ3n) is 4.35. The highest BCUT2D eigenvalue weighted by molar-refractivity contribution is 5.91. The van der Waals surface area contributed by atoms with Crippen molar-refractivity contribution in [3.05, 3.63) is 52.2 Å². The molecule has 1 N–H and O–H groups in total. The summed E-state index contributed by atoms with van der Waals surface area (Å²) in [6.07, 6.45) is 0. The van der Waals surface area contributed by atoms with Crippen molar-refractivity contribution >= 4 is 11.8 Å². The summed E-state index contributed by atoms with van der Waals surface area (Å²) in [7, 11) is 0. The van der Waals surface area contributed by atoms with E-state index in [0.717, 1.165) is 10.2 Å². The maximum atomic E-state index is 12.4. The van der Waals surface area contributed by atoms with E-state index in [1.165, 1.54) is 4.57 Å². The van der Waals surface area contributed by atoms with E-state index in [1.807, 2.05) is 44.2 Å². The quantitative estimate of drug-likeness (QED) is 0.851. The summed E-state index contributed by atoms with van der Waals surface area (Å²) in [5.74, 6) is -0.502. The summed E-state index contributed by atoms with van der Waals surface area (Å²) in [5, 5.41) is 6.90. The van der Waals surface area contributed by atoms with Gasteiger partial charge in [-0.05, 0) is 19.4 Å². The summed E-state index contributed by atoms with van der Waals surface area (Å²) in [5.41, 5.74) is 0.544. The van der Waals surface area contributed by atoms with Crippen molar-refractivity contribution in [2.75, 3.05) is 13.1 Å². The van der Waals surface area contributed by atoms with Crippen molar-refractivity contribution < 1.29 is 9.59 Å². The summed E-state index contributed by atoms with van der Waals surface area (Å²) in [6, 6.07) is 9.37. The van der Waals surface area contributed by atoms with Crippen molar-refractivity contribution in [1.29, 1.82) is 0 Å². The third kappa shape index (κ3) is 3.33. The SMILES string of the molecule is CCN1CCn2c(nn(CC(=O)NC(C)c3ccccc3)c2=O)C1=O. The highest BCUT2D eigenvalue weighted by Crippen LogP contribution is 2.11. The molecule has 1 aliphatic rings. The minimum Gasteiger partial charge on any atom is -0.348 e. The molecule has 1 aromatic heterocycles. The first-order valence-electron chi connectivity index (χ1n) is 8.32. The average molecular weight is 343 g/mol. The molecule has 8 nitrogen and oxygen atoms in total. The standard InChI is InChI=1S/C17H21N5O3/c1-3-20-9-10-21-15(16(20)24)19-22(17(21)25)11-14(23)18-12(2)13-7-5-4-6-8-13/h4-8,12H,3,9-11H2,1-2H3,(H,18,23). The number of benzene rings is 1. The Morgan fingerprint density at radius 3 is 2.64 bits per heavy atom. The molecule has 0 bridgehead atoms. The van der Waals surface area contributed by atoms with E-state index >= 15 is 0 Å². The molecule has 132 valence electrons. The number of hydrogen-bond donors (Lipinski definition) is 1. The van der Waals surface area contributed by atoms with Crippen molar-refractivity contribution in [1.82, 2.24) is 24.6 Å². The number of carbonyl (C=O) groups excluding carboxylic acids is 2. The Labute approximate surface area is 145 Å². The van der Waals surface area contributed by atoms with Crippen LogP contribution in [-0.2, 0) is 17.9 Å². The lowest BCUT2D eigenvalue weighted by Crippen LogP contribution is -2.43. The number of fused-ring (bicyclic) bond motifs is 1. The van der Waals surface area contributed by atoms with Crippen LogP contribution >= 0.6 is 0 Å². The van der Waals surface area contributed by atoms with Gasteiger partial charge in [0.2, 0.25) is 11.7 Å². The molecule has 0 saturated heterocycles. The summed E-state index contributed by atoms with van der Waals surface area (Å²) >= 11 is 0. The fourth-order valence-electron chi connectivity index (χ4n) is 2.92. The molecule has 25 heavy (non-hydrogen) atoms. The van der Waals surface area contributed by atoms with Crippen LogP contribution in [0.5, 0.6) is 0 Å². The van der Waals surface area contributed by atoms with Gasteiger partial charge in [-0.25, -0.2) is 9.48 Å². The Bertz CT molecular complexity index is 840. The number of aromatic nitrogens is 3. The minimum absolute atomic E-state index is 0.0991. The third-order valence-corrected chi connectivity index (χ3v) is 4.35. The summed E-state index contributed by atoms with van der Waals surface area (Å²) in [6.45, 7) is 4.98. The molecule has 1 aliphatic heterocycles. The van der Waals surface area contributed by atoms with Crippen molar-refractivity contribution in [2.24, 2.45) is 0 Å². The number of hydrogen-bond acceptors (Lipinski definition) is 4. The molecule has 3 rings (SSSR count). The lowest BCUT2D eigenvalue weighted by molar-refractivity contribution is -0.122. The number of rotatable bonds is 5. The van der Waals surface area contributed by atoms with Crippen molar-refractivity contribution in [3.63, 3.8) is 0 Å². The lowest BCUT2D eigenvalue weighted by Gasteiger charge is -2.24. The highest BCUT2D eigenvalue weighted by Gasteiger charge is 2.29. The minimum atomic E-state index is -0.429. The first kappa shape index (κ1) is 16.9. The molecule has 0 fully saturated rings. The van der Waals surface area contributed by atoms with E-state index in [9.17, 15) is 14.4 Å². The molecular formula is C17H21N5O3. The van der Waals surface area contributed by atoms with Gasteiger partial charge in [0.05, 0.1) is 6.04 Å². The van der Waals surface area contributed by atoms with Crippen LogP contribution in [0.25, 0.3) is 0 Å².